The molecule has 1 aliphatic heterocycles. The normalized spacial score (nSPS) is 20.3. The van der Waals surface area contributed by atoms with Crippen LogP contribution in [0.25, 0.3) is 11.1 Å². The fraction of sp³-hybridized carbons (Fsp3) is 0.409. The Bertz CT molecular complexity index is 954. The van der Waals surface area contributed by atoms with Crippen molar-refractivity contribution in [3.8, 4) is 11.1 Å². The number of hydrogen-bond donors (Lipinski definition) is 0. The lowest BCUT2D eigenvalue weighted by molar-refractivity contribution is 0.103. The number of hydrogen-bond acceptors (Lipinski definition) is 5. The molecular formula is C22H24N6. The van der Waals surface area contributed by atoms with Crippen LogP contribution in [0.2, 0.25) is 0 Å². The Hall–Kier alpha value is -2.57. The summed E-state index contributed by atoms with van der Waals surface area (Å²) in [5, 5.41) is 12.4. The Morgan fingerprint density at radius 3 is 2.11 bits per heavy atom. The standard InChI is InChI=1S/C22H24N6/c1-3-7-19-17(5-1)18-6-2-4-8-20(18)22(19)27-13-11-26(12-14-27)15-21-23-24-25-28(21)16-9-10-16/h1-8,16,22H,9-15H2. The fourth-order valence-corrected chi connectivity index (χ4v) is 4.82. The van der Waals surface area contributed by atoms with Gasteiger partial charge in [0.25, 0.3) is 0 Å². The van der Waals surface area contributed by atoms with Crippen LogP contribution < -0.4 is 0 Å². The smallest absolute Gasteiger partial charge is 0.165 e. The van der Waals surface area contributed by atoms with E-state index < -0.39 is 0 Å². The van der Waals surface area contributed by atoms with E-state index in [-0.39, 0.29) is 0 Å². The van der Waals surface area contributed by atoms with E-state index in [1.165, 1.54) is 35.1 Å². The molecule has 6 heteroatoms. The van der Waals surface area contributed by atoms with Crippen molar-refractivity contribution in [3.05, 3.63) is 65.5 Å². The maximum Gasteiger partial charge on any atom is 0.165 e. The van der Waals surface area contributed by atoms with Crippen molar-refractivity contribution in [3.63, 3.8) is 0 Å². The zero-order valence-corrected chi connectivity index (χ0v) is 15.9. The van der Waals surface area contributed by atoms with Gasteiger partial charge in [0.2, 0.25) is 0 Å². The van der Waals surface area contributed by atoms with Gasteiger partial charge >= 0.3 is 0 Å². The number of benzene rings is 2. The Morgan fingerprint density at radius 2 is 1.46 bits per heavy atom. The Morgan fingerprint density at radius 1 is 0.821 bits per heavy atom. The highest BCUT2D eigenvalue weighted by atomic mass is 15.6. The summed E-state index contributed by atoms with van der Waals surface area (Å²) in [5.41, 5.74) is 5.70. The van der Waals surface area contributed by atoms with E-state index in [0.717, 1.165) is 38.5 Å². The third-order valence-electron chi connectivity index (χ3n) is 6.39. The van der Waals surface area contributed by atoms with Gasteiger partial charge in [-0.15, -0.1) is 5.10 Å². The summed E-state index contributed by atoms with van der Waals surface area (Å²) in [6, 6.07) is 18.7. The third kappa shape index (κ3) is 2.67. The largest absolute Gasteiger partial charge is 0.293 e. The number of tetrazole rings is 1. The molecule has 0 amide bonds. The van der Waals surface area contributed by atoms with Crippen LogP contribution in [0.4, 0.5) is 0 Å². The van der Waals surface area contributed by atoms with Crippen molar-refractivity contribution >= 4 is 0 Å². The lowest BCUT2D eigenvalue weighted by Crippen LogP contribution is -2.47. The lowest BCUT2D eigenvalue weighted by atomic mass is 10.0. The molecule has 0 spiro atoms. The molecule has 0 atom stereocenters. The van der Waals surface area contributed by atoms with Gasteiger partial charge < -0.3 is 0 Å². The van der Waals surface area contributed by atoms with Crippen LogP contribution in [-0.4, -0.2) is 56.2 Å². The second-order valence-electron chi connectivity index (χ2n) is 8.16. The molecular weight excluding hydrogens is 348 g/mol. The van der Waals surface area contributed by atoms with Crippen LogP contribution in [0, 0.1) is 0 Å². The number of rotatable bonds is 4. The van der Waals surface area contributed by atoms with E-state index in [1.807, 2.05) is 4.68 Å². The molecule has 28 heavy (non-hydrogen) atoms. The molecule has 0 bridgehead atoms. The van der Waals surface area contributed by atoms with Gasteiger partial charge in [0.1, 0.15) is 0 Å². The summed E-state index contributed by atoms with van der Waals surface area (Å²) in [6.07, 6.45) is 2.43. The predicted molar refractivity (Wildman–Crippen MR) is 107 cm³/mol. The summed E-state index contributed by atoms with van der Waals surface area (Å²) >= 11 is 0. The molecule has 0 radical (unpaired) electrons. The predicted octanol–water partition coefficient (Wildman–Crippen LogP) is 2.90. The van der Waals surface area contributed by atoms with Gasteiger partial charge in [-0.3, -0.25) is 9.80 Å². The SMILES string of the molecule is c1ccc2c(c1)-c1ccccc1C2N1CCN(Cc2nnnn2C2CC2)CC1. The number of aromatic nitrogens is 4. The molecule has 2 fully saturated rings. The summed E-state index contributed by atoms with van der Waals surface area (Å²) in [4.78, 5) is 5.14. The highest BCUT2D eigenvalue weighted by molar-refractivity contribution is 5.78. The molecule has 3 aliphatic rings. The monoisotopic (exact) mass is 372 g/mol. The Kier molecular flexibility index (Phi) is 3.80. The highest BCUT2D eigenvalue weighted by Crippen LogP contribution is 2.46. The molecule has 2 aliphatic carbocycles. The quantitative estimate of drug-likeness (QED) is 0.705. The second-order valence-corrected chi connectivity index (χ2v) is 8.16. The average molecular weight is 372 g/mol. The Labute approximate surface area is 164 Å². The van der Waals surface area contributed by atoms with Crippen LogP contribution in [0.5, 0.6) is 0 Å². The van der Waals surface area contributed by atoms with Crippen molar-refractivity contribution in [1.29, 1.82) is 0 Å². The summed E-state index contributed by atoms with van der Waals surface area (Å²) in [7, 11) is 0. The summed E-state index contributed by atoms with van der Waals surface area (Å²) < 4.78 is 2.04. The molecule has 6 nitrogen and oxygen atoms in total. The van der Waals surface area contributed by atoms with Gasteiger partial charge in [-0.1, -0.05) is 48.5 Å². The minimum absolute atomic E-state index is 0.381. The first-order valence-electron chi connectivity index (χ1n) is 10.3. The van der Waals surface area contributed by atoms with Crippen LogP contribution in [-0.2, 0) is 6.54 Å². The van der Waals surface area contributed by atoms with Gasteiger partial charge in [-0.05, 0) is 45.5 Å². The molecule has 2 heterocycles. The van der Waals surface area contributed by atoms with E-state index >= 15 is 0 Å². The first-order valence-corrected chi connectivity index (χ1v) is 10.3. The average Bonchev–Trinajstić information content (AvgIpc) is 3.39. The molecule has 1 saturated carbocycles. The van der Waals surface area contributed by atoms with Crippen molar-refractivity contribution in [2.24, 2.45) is 0 Å². The second kappa shape index (κ2) is 6.50. The van der Waals surface area contributed by atoms with E-state index in [4.69, 9.17) is 0 Å². The molecule has 142 valence electrons. The van der Waals surface area contributed by atoms with Crippen LogP contribution in [0.3, 0.4) is 0 Å². The van der Waals surface area contributed by atoms with Crippen LogP contribution >= 0.6 is 0 Å². The number of fused-ring (bicyclic) bond motifs is 3. The number of piperazine rings is 1. The van der Waals surface area contributed by atoms with E-state index in [0.29, 0.717) is 12.1 Å². The van der Waals surface area contributed by atoms with Crippen molar-refractivity contribution in [2.45, 2.75) is 31.5 Å². The lowest BCUT2D eigenvalue weighted by Gasteiger charge is -2.38. The van der Waals surface area contributed by atoms with E-state index in [2.05, 4.69) is 73.9 Å². The summed E-state index contributed by atoms with van der Waals surface area (Å²) in [6.45, 7) is 5.10. The molecule has 0 unspecified atom stereocenters. The minimum atomic E-state index is 0.381. The van der Waals surface area contributed by atoms with Crippen molar-refractivity contribution in [1.82, 2.24) is 30.0 Å². The molecule has 3 aromatic rings. The van der Waals surface area contributed by atoms with Crippen LogP contribution in [0.15, 0.2) is 48.5 Å². The third-order valence-corrected chi connectivity index (χ3v) is 6.39. The first-order chi connectivity index (χ1) is 13.9. The van der Waals surface area contributed by atoms with Gasteiger partial charge in [0, 0.05) is 26.2 Å². The van der Waals surface area contributed by atoms with Gasteiger partial charge in [0.05, 0.1) is 18.6 Å². The van der Waals surface area contributed by atoms with E-state index in [1.54, 1.807) is 0 Å². The van der Waals surface area contributed by atoms with E-state index in [9.17, 15) is 0 Å². The summed E-state index contributed by atoms with van der Waals surface area (Å²) in [5.74, 6) is 1.02. The maximum absolute atomic E-state index is 4.27. The van der Waals surface area contributed by atoms with Crippen molar-refractivity contribution in [2.75, 3.05) is 26.2 Å². The maximum atomic E-state index is 4.27. The van der Waals surface area contributed by atoms with Crippen LogP contribution in [0.1, 0.15) is 41.9 Å². The zero-order chi connectivity index (χ0) is 18.5. The van der Waals surface area contributed by atoms with Crippen molar-refractivity contribution < 1.29 is 0 Å². The molecule has 0 N–H and O–H groups in total. The highest BCUT2D eigenvalue weighted by Gasteiger charge is 2.34. The van der Waals surface area contributed by atoms with Gasteiger partial charge in [0.15, 0.2) is 5.82 Å². The molecule has 2 aromatic carbocycles. The number of nitrogens with zero attached hydrogens (tertiary/aromatic N) is 6. The molecule has 6 rings (SSSR count). The fourth-order valence-electron chi connectivity index (χ4n) is 4.82. The molecule has 1 aromatic heterocycles. The topological polar surface area (TPSA) is 50.1 Å². The minimum Gasteiger partial charge on any atom is -0.293 e. The van der Waals surface area contributed by atoms with Gasteiger partial charge in [-0.2, -0.15) is 0 Å². The zero-order valence-electron chi connectivity index (χ0n) is 15.9. The first kappa shape index (κ1) is 16.4. The molecule has 1 saturated heterocycles. The van der Waals surface area contributed by atoms with Gasteiger partial charge in [-0.25, -0.2) is 4.68 Å². The Balaban J connectivity index is 1.20.